The minimum Gasteiger partial charge on any atom is -0.313 e. The van der Waals surface area contributed by atoms with Gasteiger partial charge < -0.3 is 4.98 Å². The van der Waals surface area contributed by atoms with E-state index >= 15 is 0 Å². The zero-order valence-electron chi connectivity index (χ0n) is 5.10. The summed E-state index contributed by atoms with van der Waals surface area (Å²) in [5.41, 5.74) is -0.0347. The Morgan fingerprint density at radius 3 is 2.67 bits per heavy atom. The van der Waals surface area contributed by atoms with Gasteiger partial charge in [0.15, 0.2) is 0 Å². The van der Waals surface area contributed by atoms with Crippen LogP contribution in [0.3, 0.4) is 0 Å². The van der Waals surface area contributed by atoms with Gasteiger partial charge in [-0.1, -0.05) is 12.7 Å². The summed E-state index contributed by atoms with van der Waals surface area (Å²) in [6, 6.07) is 0. The van der Waals surface area contributed by atoms with Crippen molar-refractivity contribution < 1.29 is 0 Å². The van der Waals surface area contributed by atoms with Crippen molar-refractivity contribution in [1.29, 1.82) is 0 Å². The molecule has 0 saturated heterocycles. The van der Waals surface area contributed by atoms with Crippen LogP contribution in [-0.2, 0) is 0 Å². The van der Waals surface area contributed by atoms with E-state index in [4.69, 9.17) is 0 Å². The first-order valence-corrected chi connectivity index (χ1v) is 3.40. The highest BCUT2D eigenvalue weighted by Gasteiger charge is 1.86. The van der Waals surface area contributed by atoms with E-state index < -0.39 is 0 Å². The second-order valence-electron chi connectivity index (χ2n) is 1.63. The molecule has 1 rings (SSSR count). The molecule has 1 heterocycles. The number of hydrogen-bond donors (Lipinski definition) is 1. The van der Waals surface area contributed by atoms with Crippen molar-refractivity contribution in [3.8, 4) is 0 Å². The predicted molar refractivity (Wildman–Crippen MR) is 39.9 cm³/mol. The molecule has 0 aromatic carbocycles. The Bertz CT molecular complexity index is 346. The lowest BCUT2D eigenvalue weighted by atomic mass is 10.6. The first-order chi connectivity index (χ1) is 4.24. The molecule has 0 aliphatic heterocycles. The quantitative estimate of drug-likeness (QED) is 0.526. The van der Waals surface area contributed by atoms with Crippen molar-refractivity contribution in [3.05, 3.63) is 19.5 Å². The summed E-state index contributed by atoms with van der Waals surface area (Å²) in [6.45, 7) is 5.43. The molecule has 0 spiro atoms. The number of aromatic nitrogens is 1. The molecule has 0 aliphatic rings. The topological polar surface area (TPSA) is 32.9 Å². The summed E-state index contributed by atoms with van der Waals surface area (Å²) in [4.78, 5) is 13.3. The summed E-state index contributed by atoms with van der Waals surface area (Å²) < 4.78 is 1.45. The maximum Gasteiger partial charge on any atom is 0.266 e. The second kappa shape index (κ2) is 2.19. The minimum absolute atomic E-state index is 0.0347. The van der Waals surface area contributed by atoms with E-state index in [1.807, 2.05) is 6.92 Å². The maximum absolute atomic E-state index is 10.8. The number of nitrogens with one attached hydrogen (secondary N) is 1. The summed E-state index contributed by atoms with van der Waals surface area (Å²) in [7, 11) is 0. The van der Waals surface area contributed by atoms with Crippen LogP contribution in [0, 0.1) is 0 Å². The summed E-state index contributed by atoms with van der Waals surface area (Å²) in [6.07, 6.45) is 1.78. The third kappa shape index (κ3) is 1.10. The Morgan fingerprint density at radius 1 is 1.78 bits per heavy atom. The molecule has 0 fully saturated rings. The van der Waals surface area contributed by atoms with Gasteiger partial charge in [-0.05, 0) is 6.92 Å². The number of aromatic amines is 1. The monoisotopic (exact) mass is 141 g/mol. The zero-order valence-corrected chi connectivity index (χ0v) is 5.92. The van der Waals surface area contributed by atoms with Crippen molar-refractivity contribution in [1.82, 2.24) is 4.98 Å². The van der Waals surface area contributed by atoms with Gasteiger partial charge in [-0.15, -0.1) is 11.3 Å². The van der Waals surface area contributed by atoms with Crippen LogP contribution in [0.2, 0.25) is 0 Å². The van der Waals surface area contributed by atoms with Gasteiger partial charge in [0.1, 0.15) is 0 Å². The highest BCUT2D eigenvalue weighted by molar-refractivity contribution is 7.07. The van der Waals surface area contributed by atoms with Gasteiger partial charge in [-0.2, -0.15) is 0 Å². The molecule has 48 valence electrons. The molecule has 0 aliphatic carbocycles. The van der Waals surface area contributed by atoms with Crippen LogP contribution >= 0.6 is 11.3 Å². The van der Waals surface area contributed by atoms with Crippen LogP contribution in [0.1, 0.15) is 6.92 Å². The van der Waals surface area contributed by atoms with Crippen molar-refractivity contribution >= 4 is 24.0 Å². The standard InChI is InChI=1S/C6H7NOS/c1-3-5-6(8)7-4(2)9-5/h3H,2H2,1H3,(H,7,8). The highest BCUT2D eigenvalue weighted by atomic mass is 32.1. The summed E-state index contributed by atoms with van der Waals surface area (Å²) in [5.74, 6) is 0. The fraction of sp³-hybridized carbons (Fsp3) is 0.167. The lowest BCUT2D eigenvalue weighted by molar-refractivity contribution is 1.26. The predicted octanol–water partition coefficient (Wildman–Crippen LogP) is -0.353. The van der Waals surface area contributed by atoms with Crippen molar-refractivity contribution in [2.75, 3.05) is 0 Å². The molecule has 1 aromatic rings. The van der Waals surface area contributed by atoms with Gasteiger partial charge in [0.05, 0.1) is 9.20 Å². The summed E-state index contributed by atoms with van der Waals surface area (Å²) >= 11 is 1.38. The van der Waals surface area contributed by atoms with E-state index in [1.165, 1.54) is 11.3 Å². The van der Waals surface area contributed by atoms with Crippen LogP contribution in [0.25, 0.3) is 12.7 Å². The van der Waals surface area contributed by atoms with Gasteiger partial charge in [0.25, 0.3) is 5.56 Å². The van der Waals surface area contributed by atoms with Crippen molar-refractivity contribution in [3.63, 3.8) is 0 Å². The average molecular weight is 141 g/mol. The molecule has 0 unspecified atom stereocenters. The van der Waals surface area contributed by atoms with Crippen molar-refractivity contribution in [2.45, 2.75) is 6.92 Å². The zero-order chi connectivity index (χ0) is 6.85. The van der Waals surface area contributed by atoms with Gasteiger partial charge in [-0.25, -0.2) is 0 Å². The van der Waals surface area contributed by atoms with Gasteiger partial charge in [0.2, 0.25) is 0 Å². The lowest BCUT2D eigenvalue weighted by Crippen LogP contribution is -2.18. The molecule has 0 saturated carbocycles. The normalized spacial score (nSPS) is 12.3. The Hall–Kier alpha value is -0.830. The van der Waals surface area contributed by atoms with E-state index in [0.29, 0.717) is 4.66 Å². The van der Waals surface area contributed by atoms with E-state index in [1.54, 1.807) is 6.08 Å². The molecule has 3 heteroatoms. The Morgan fingerprint density at radius 2 is 2.44 bits per heavy atom. The first-order valence-electron chi connectivity index (χ1n) is 2.58. The third-order valence-electron chi connectivity index (χ3n) is 0.972. The average Bonchev–Trinajstić information content (AvgIpc) is 2.10. The third-order valence-corrected chi connectivity index (χ3v) is 1.96. The molecule has 2 nitrogen and oxygen atoms in total. The Labute approximate surface area is 56.2 Å². The van der Waals surface area contributed by atoms with Gasteiger partial charge >= 0.3 is 0 Å². The SMILES string of the molecule is C=c1[nH]c(=O)c(=CC)s1. The van der Waals surface area contributed by atoms with E-state index in [-0.39, 0.29) is 5.56 Å². The number of hydrogen-bond acceptors (Lipinski definition) is 2. The van der Waals surface area contributed by atoms with Crippen LogP contribution < -0.4 is 14.8 Å². The van der Waals surface area contributed by atoms with Crippen molar-refractivity contribution in [2.24, 2.45) is 0 Å². The molecule has 0 amide bonds. The van der Waals surface area contributed by atoms with E-state index in [0.717, 1.165) is 4.53 Å². The number of thiazole rings is 1. The fourth-order valence-corrected chi connectivity index (χ4v) is 1.25. The minimum atomic E-state index is -0.0347. The molecular formula is C6H7NOS. The first kappa shape index (κ1) is 6.29. The smallest absolute Gasteiger partial charge is 0.266 e. The molecular weight excluding hydrogens is 134 g/mol. The Kier molecular flexibility index (Phi) is 1.53. The summed E-state index contributed by atoms with van der Waals surface area (Å²) in [5, 5.41) is 0. The molecule has 1 aromatic heterocycles. The fourth-order valence-electron chi connectivity index (χ4n) is 0.583. The Balaban J connectivity index is 3.72. The van der Waals surface area contributed by atoms with Gasteiger partial charge in [-0.3, -0.25) is 4.79 Å². The largest absolute Gasteiger partial charge is 0.313 e. The van der Waals surface area contributed by atoms with Gasteiger partial charge in [0, 0.05) is 0 Å². The van der Waals surface area contributed by atoms with E-state index in [2.05, 4.69) is 11.6 Å². The van der Waals surface area contributed by atoms with E-state index in [9.17, 15) is 4.79 Å². The molecule has 1 N–H and O–H groups in total. The maximum atomic E-state index is 10.8. The molecule has 0 bridgehead atoms. The van der Waals surface area contributed by atoms with Crippen LogP contribution in [0.5, 0.6) is 0 Å². The van der Waals surface area contributed by atoms with Crippen LogP contribution in [0.4, 0.5) is 0 Å². The van der Waals surface area contributed by atoms with Crippen LogP contribution in [-0.4, -0.2) is 4.98 Å². The van der Waals surface area contributed by atoms with Crippen LogP contribution in [0.15, 0.2) is 4.79 Å². The number of H-pyrrole nitrogens is 1. The highest BCUT2D eigenvalue weighted by Crippen LogP contribution is 1.63. The molecule has 9 heavy (non-hydrogen) atoms. The lowest BCUT2D eigenvalue weighted by Gasteiger charge is -1.60. The second-order valence-corrected chi connectivity index (χ2v) is 2.77. The molecule has 0 radical (unpaired) electrons. The molecule has 0 atom stereocenters. The number of rotatable bonds is 0.